The highest BCUT2D eigenvalue weighted by atomic mass is 79.9. The first-order valence-electron chi connectivity index (χ1n) is 5.47. The molecular formula is C11H12BrN5O. The summed E-state index contributed by atoms with van der Waals surface area (Å²) in [6.45, 7) is 3.12. The molecule has 2 heterocycles. The molecule has 0 atom stereocenters. The Bertz CT molecular complexity index is 537. The van der Waals surface area contributed by atoms with Gasteiger partial charge in [0, 0.05) is 12.7 Å². The summed E-state index contributed by atoms with van der Waals surface area (Å²) in [4.78, 5) is 15.8. The fourth-order valence-corrected chi connectivity index (χ4v) is 1.69. The summed E-state index contributed by atoms with van der Waals surface area (Å²) in [6, 6.07) is 3.43. The van der Waals surface area contributed by atoms with Gasteiger partial charge in [0.1, 0.15) is 10.9 Å². The van der Waals surface area contributed by atoms with Gasteiger partial charge in [0.25, 0.3) is 5.91 Å². The van der Waals surface area contributed by atoms with Crippen LogP contribution in [0.4, 0.5) is 0 Å². The van der Waals surface area contributed by atoms with Crippen molar-refractivity contribution in [2.75, 3.05) is 0 Å². The third-order valence-electron chi connectivity index (χ3n) is 2.43. The number of nitrogens with one attached hydrogen (secondary N) is 1. The van der Waals surface area contributed by atoms with Gasteiger partial charge >= 0.3 is 0 Å². The number of carbonyl (C=O) groups excluding carboxylic acids is 1. The highest BCUT2D eigenvalue weighted by Gasteiger charge is 2.08. The summed E-state index contributed by atoms with van der Waals surface area (Å²) in [5.74, 6) is 0.552. The molecule has 2 rings (SSSR count). The number of hydrogen-bond acceptors (Lipinski definition) is 4. The largest absolute Gasteiger partial charge is 0.345 e. The minimum Gasteiger partial charge on any atom is -0.345 e. The van der Waals surface area contributed by atoms with E-state index in [4.69, 9.17) is 0 Å². The second kappa shape index (κ2) is 5.72. The molecule has 1 N–H and O–H groups in total. The molecule has 0 radical (unpaired) electrons. The monoisotopic (exact) mass is 309 g/mol. The lowest BCUT2D eigenvalue weighted by Crippen LogP contribution is -2.24. The van der Waals surface area contributed by atoms with Crippen molar-refractivity contribution in [1.82, 2.24) is 25.1 Å². The van der Waals surface area contributed by atoms with E-state index in [-0.39, 0.29) is 5.91 Å². The van der Waals surface area contributed by atoms with Crippen molar-refractivity contribution in [2.24, 2.45) is 0 Å². The van der Waals surface area contributed by atoms with Crippen LogP contribution in [0.25, 0.3) is 0 Å². The Hall–Kier alpha value is -1.76. The van der Waals surface area contributed by atoms with Gasteiger partial charge in [-0.15, -0.1) is 10.2 Å². The molecule has 0 aromatic carbocycles. The van der Waals surface area contributed by atoms with Crippen LogP contribution >= 0.6 is 15.9 Å². The minimum absolute atomic E-state index is 0.180. The average molecular weight is 310 g/mol. The third-order valence-corrected chi connectivity index (χ3v) is 2.90. The molecule has 0 spiro atoms. The molecule has 1 amide bonds. The van der Waals surface area contributed by atoms with Gasteiger partial charge in [-0.1, -0.05) is 0 Å². The first-order valence-corrected chi connectivity index (χ1v) is 6.26. The lowest BCUT2D eigenvalue weighted by Gasteiger charge is -2.05. The maximum Gasteiger partial charge on any atom is 0.253 e. The predicted molar refractivity (Wildman–Crippen MR) is 68.8 cm³/mol. The quantitative estimate of drug-likeness (QED) is 0.866. The summed E-state index contributed by atoms with van der Waals surface area (Å²) < 4.78 is 2.57. The van der Waals surface area contributed by atoms with E-state index in [1.165, 1.54) is 6.20 Å². The molecule has 0 aliphatic heterocycles. The number of halogens is 1. The molecule has 2 aromatic rings. The van der Waals surface area contributed by atoms with E-state index < -0.39 is 0 Å². The molecule has 0 unspecified atom stereocenters. The number of aromatic nitrogens is 4. The Balaban J connectivity index is 1.98. The average Bonchev–Trinajstić information content (AvgIpc) is 2.84. The zero-order chi connectivity index (χ0) is 13.0. The molecule has 0 fully saturated rings. The first-order chi connectivity index (χ1) is 8.70. The molecule has 0 aliphatic carbocycles. The maximum absolute atomic E-state index is 11.8. The lowest BCUT2D eigenvalue weighted by molar-refractivity contribution is 0.0949. The van der Waals surface area contributed by atoms with E-state index in [9.17, 15) is 4.79 Å². The topological polar surface area (TPSA) is 72.7 Å². The summed E-state index contributed by atoms with van der Waals surface area (Å²) >= 11 is 3.22. The van der Waals surface area contributed by atoms with Crippen LogP contribution < -0.4 is 5.32 Å². The van der Waals surface area contributed by atoms with Gasteiger partial charge in [0.2, 0.25) is 0 Å². The van der Waals surface area contributed by atoms with E-state index >= 15 is 0 Å². The van der Waals surface area contributed by atoms with E-state index in [0.717, 1.165) is 12.4 Å². The second-order valence-corrected chi connectivity index (χ2v) is 4.40. The van der Waals surface area contributed by atoms with Gasteiger partial charge in [-0.05, 0) is 35.0 Å². The van der Waals surface area contributed by atoms with Crippen LogP contribution in [0.3, 0.4) is 0 Å². The molecule has 7 heteroatoms. The summed E-state index contributed by atoms with van der Waals surface area (Å²) in [5.41, 5.74) is 0.515. The molecule has 0 bridgehead atoms. The van der Waals surface area contributed by atoms with Gasteiger partial charge in [0.15, 0.2) is 5.82 Å². The Kier molecular flexibility index (Phi) is 4.03. The van der Waals surface area contributed by atoms with Gasteiger partial charge in [-0.25, -0.2) is 4.98 Å². The van der Waals surface area contributed by atoms with Crippen molar-refractivity contribution in [3.05, 3.63) is 40.6 Å². The predicted octanol–water partition coefficient (Wildman–Crippen LogP) is 1.39. The molecule has 0 aliphatic rings. The fraction of sp³-hybridized carbons (Fsp3) is 0.273. The second-order valence-electron chi connectivity index (χ2n) is 3.59. The lowest BCUT2D eigenvalue weighted by atomic mass is 10.3. The number of rotatable bonds is 4. The molecule has 94 valence electrons. The zero-order valence-electron chi connectivity index (χ0n) is 9.80. The van der Waals surface area contributed by atoms with Crippen LogP contribution in [0.5, 0.6) is 0 Å². The van der Waals surface area contributed by atoms with Gasteiger partial charge in [-0.3, -0.25) is 4.79 Å². The van der Waals surface area contributed by atoms with Crippen molar-refractivity contribution in [3.8, 4) is 0 Å². The van der Waals surface area contributed by atoms with Crippen LogP contribution in [-0.4, -0.2) is 25.7 Å². The van der Waals surface area contributed by atoms with Crippen LogP contribution in [-0.2, 0) is 13.1 Å². The number of aryl methyl sites for hydroxylation is 1. The van der Waals surface area contributed by atoms with Crippen molar-refractivity contribution < 1.29 is 4.79 Å². The van der Waals surface area contributed by atoms with Crippen LogP contribution in [0.15, 0.2) is 29.3 Å². The Morgan fingerprint density at radius 1 is 1.50 bits per heavy atom. The van der Waals surface area contributed by atoms with Crippen LogP contribution in [0, 0.1) is 0 Å². The number of amides is 1. The van der Waals surface area contributed by atoms with Crippen molar-refractivity contribution >= 4 is 21.8 Å². The van der Waals surface area contributed by atoms with Crippen LogP contribution in [0.1, 0.15) is 23.1 Å². The molecular weight excluding hydrogens is 298 g/mol. The molecule has 6 nitrogen and oxygen atoms in total. The molecule has 0 saturated carbocycles. The van der Waals surface area contributed by atoms with Crippen LogP contribution in [0.2, 0.25) is 0 Å². The molecule has 2 aromatic heterocycles. The van der Waals surface area contributed by atoms with Gasteiger partial charge in [0.05, 0.1) is 12.1 Å². The summed E-state index contributed by atoms with van der Waals surface area (Å²) in [6.07, 6.45) is 3.16. The smallest absolute Gasteiger partial charge is 0.253 e. The summed E-state index contributed by atoms with van der Waals surface area (Å²) in [7, 11) is 0. The molecule has 0 saturated heterocycles. The SMILES string of the molecule is CCn1cnnc1CNC(=O)c1ccc(Br)nc1. The number of pyridine rings is 1. The van der Waals surface area contributed by atoms with Gasteiger partial charge < -0.3 is 9.88 Å². The number of carbonyl (C=O) groups is 1. The van der Waals surface area contributed by atoms with Crippen molar-refractivity contribution in [3.63, 3.8) is 0 Å². The highest BCUT2D eigenvalue weighted by molar-refractivity contribution is 9.10. The Morgan fingerprint density at radius 2 is 2.33 bits per heavy atom. The van der Waals surface area contributed by atoms with E-state index in [2.05, 4.69) is 36.4 Å². The Morgan fingerprint density at radius 3 is 3.00 bits per heavy atom. The fourth-order valence-electron chi connectivity index (χ4n) is 1.45. The Labute approximate surface area is 113 Å². The maximum atomic E-state index is 11.8. The zero-order valence-corrected chi connectivity index (χ0v) is 11.4. The standard InChI is InChI=1S/C11H12BrN5O/c1-2-17-7-15-16-10(17)6-14-11(18)8-3-4-9(12)13-5-8/h3-5,7H,2,6H2,1H3,(H,14,18). The van der Waals surface area contributed by atoms with Crippen molar-refractivity contribution in [1.29, 1.82) is 0 Å². The van der Waals surface area contributed by atoms with E-state index in [0.29, 0.717) is 16.7 Å². The van der Waals surface area contributed by atoms with E-state index in [1.54, 1.807) is 18.5 Å². The van der Waals surface area contributed by atoms with Gasteiger partial charge in [-0.2, -0.15) is 0 Å². The first kappa shape index (κ1) is 12.7. The molecule has 18 heavy (non-hydrogen) atoms. The minimum atomic E-state index is -0.180. The number of nitrogens with zero attached hydrogens (tertiary/aromatic N) is 4. The highest BCUT2D eigenvalue weighted by Crippen LogP contribution is 2.06. The summed E-state index contributed by atoms with van der Waals surface area (Å²) in [5, 5.41) is 10.5. The third kappa shape index (κ3) is 2.92. The van der Waals surface area contributed by atoms with E-state index in [1.807, 2.05) is 11.5 Å². The number of hydrogen-bond donors (Lipinski definition) is 1. The normalized spacial score (nSPS) is 10.3. The van der Waals surface area contributed by atoms with Crippen molar-refractivity contribution in [2.45, 2.75) is 20.0 Å².